The minimum absolute atomic E-state index is 0.0219. The average molecular weight is 615 g/mol. The summed E-state index contributed by atoms with van der Waals surface area (Å²) in [7, 11) is 0. The van der Waals surface area contributed by atoms with E-state index in [0.29, 0.717) is 22.5 Å². The van der Waals surface area contributed by atoms with E-state index in [1.54, 1.807) is 0 Å². The van der Waals surface area contributed by atoms with E-state index in [2.05, 4.69) is 15.3 Å². The monoisotopic (exact) mass is 614 g/mol. The second-order valence-corrected chi connectivity index (χ2v) is 14.1. The summed E-state index contributed by atoms with van der Waals surface area (Å²) in [4.78, 5) is 38.7. The van der Waals surface area contributed by atoms with Gasteiger partial charge in [0, 0.05) is 27.8 Å². The summed E-state index contributed by atoms with van der Waals surface area (Å²) >= 11 is 9.54. The molecule has 1 aromatic carbocycles. The summed E-state index contributed by atoms with van der Waals surface area (Å²) in [6.45, 7) is 13.1. The van der Waals surface area contributed by atoms with E-state index in [1.165, 1.54) is 27.6 Å². The Morgan fingerprint density at radius 3 is 2.29 bits per heavy atom. The maximum absolute atomic E-state index is 13.6. The minimum atomic E-state index is -0.709. The third-order valence-electron chi connectivity index (χ3n) is 5.64. The molecule has 0 fully saturated rings. The van der Waals surface area contributed by atoms with Crippen LogP contribution in [0, 0.1) is 0 Å². The second kappa shape index (κ2) is 12.3. The molecule has 0 aliphatic heterocycles. The number of benzene rings is 1. The molecule has 0 unspecified atom stereocenters. The van der Waals surface area contributed by atoms with Crippen LogP contribution in [0.15, 0.2) is 47.8 Å². The number of thiophene rings is 2. The van der Waals surface area contributed by atoms with Gasteiger partial charge in [-0.1, -0.05) is 36.4 Å². The van der Waals surface area contributed by atoms with Crippen LogP contribution in [-0.4, -0.2) is 39.4 Å². The first-order valence-electron chi connectivity index (χ1n) is 13.3. The van der Waals surface area contributed by atoms with E-state index in [4.69, 9.17) is 21.1 Å². The van der Waals surface area contributed by atoms with Crippen molar-refractivity contribution in [1.82, 2.24) is 15.3 Å². The SMILES string of the molecule is C[C@@H](Cc1sc2c(N(Cc3cccs3)C(=O)OC(C)(C)C)nc(Cl)nc2c1-c1ccccc1)NC(=O)OC(C)(C)C. The normalized spacial score (nSPS) is 12.7. The van der Waals surface area contributed by atoms with Crippen LogP contribution >= 0.6 is 34.3 Å². The lowest BCUT2D eigenvalue weighted by Crippen LogP contribution is -2.38. The van der Waals surface area contributed by atoms with Crippen LogP contribution in [0.3, 0.4) is 0 Å². The van der Waals surface area contributed by atoms with Crippen molar-refractivity contribution in [3.63, 3.8) is 0 Å². The van der Waals surface area contributed by atoms with Gasteiger partial charge in [0.1, 0.15) is 11.2 Å². The largest absolute Gasteiger partial charge is 0.444 e. The maximum Gasteiger partial charge on any atom is 0.416 e. The van der Waals surface area contributed by atoms with E-state index in [1.807, 2.05) is 96.3 Å². The fourth-order valence-corrected chi connectivity index (χ4v) is 6.40. The van der Waals surface area contributed by atoms with E-state index in [9.17, 15) is 9.59 Å². The highest BCUT2D eigenvalue weighted by molar-refractivity contribution is 7.20. The highest BCUT2D eigenvalue weighted by atomic mass is 35.5. The fraction of sp³-hybridized carbons (Fsp3) is 0.400. The number of carbonyl (C=O) groups excluding carboxylic acids is 2. The summed E-state index contributed by atoms with van der Waals surface area (Å²) in [5, 5.41) is 4.91. The van der Waals surface area contributed by atoms with Gasteiger partial charge in [-0.05, 0) is 77.1 Å². The van der Waals surface area contributed by atoms with E-state index in [0.717, 1.165) is 20.9 Å². The zero-order chi connectivity index (χ0) is 29.9. The lowest BCUT2D eigenvalue weighted by Gasteiger charge is -2.26. The van der Waals surface area contributed by atoms with Crippen LogP contribution in [0.5, 0.6) is 0 Å². The first-order valence-corrected chi connectivity index (χ1v) is 15.3. The first-order chi connectivity index (χ1) is 19.2. The second-order valence-electron chi connectivity index (χ2n) is 11.7. The number of amides is 2. The summed E-state index contributed by atoms with van der Waals surface area (Å²) in [5.41, 5.74) is 1.15. The topological polar surface area (TPSA) is 93.7 Å². The van der Waals surface area contributed by atoms with E-state index < -0.39 is 23.4 Å². The standard InChI is InChI=1S/C30H35ClN4O4S2/c1-18(32-27(36)38-29(2,3)4)16-21-22(19-12-9-8-10-13-19)23-24(41-21)25(34-26(31)33-23)35(17-20-14-11-15-40-20)28(37)39-30(5,6)7/h8-15,18H,16-17H2,1-7H3,(H,32,36)/t18-/m0/s1. The van der Waals surface area contributed by atoms with Gasteiger partial charge in [0.2, 0.25) is 5.28 Å². The van der Waals surface area contributed by atoms with Crippen LogP contribution in [0.25, 0.3) is 21.3 Å². The molecule has 0 aliphatic carbocycles. The Hall–Kier alpha value is -3.21. The molecule has 4 rings (SSSR count). The zero-order valence-electron chi connectivity index (χ0n) is 24.3. The molecule has 8 nitrogen and oxygen atoms in total. The first kappa shape index (κ1) is 30.7. The third-order valence-corrected chi connectivity index (χ3v) is 7.87. The van der Waals surface area contributed by atoms with Gasteiger partial charge in [-0.25, -0.2) is 14.6 Å². The highest BCUT2D eigenvalue weighted by Crippen LogP contribution is 2.43. The van der Waals surface area contributed by atoms with Crippen molar-refractivity contribution in [2.24, 2.45) is 0 Å². The predicted molar refractivity (Wildman–Crippen MR) is 167 cm³/mol. The third kappa shape index (κ3) is 8.18. The number of aromatic nitrogens is 2. The van der Waals surface area contributed by atoms with Crippen LogP contribution in [-0.2, 0) is 22.4 Å². The molecule has 2 amide bonds. The molecule has 0 spiro atoms. The number of nitrogens with one attached hydrogen (secondary N) is 1. The number of alkyl carbamates (subject to hydrolysis) is 1. The zero-order valence-corrected chi connectivity index (χ0v) is 26.7. The van der Waals surface area contributed by atoms with Crippen molar-refractivity contribution in [3.8, 4) is 11.1 Å². The molecule has 218 valence electrons. The van der Waals surface area contributed by atoms with E-state index in [-0.39, 0.29) is 17.9 Å². The molecule has 0 bridgehead atoms. The molecule has 0 radical (unpaired) electrons. The Morgan fingerprint density at radius 1 is 1.00 bits per heavy atom. The van der Waals surface area contributed by atoms with E-state index >= 15 is 0 Å². The van der Waals surface area contributed by atoms with Gasteiger partial charge in [0.05, 0.1) is 16.8 Å². The summed E-state index contributed by atoms with van der Waals surface area (Å²) in [5.74, 6) is 0.379. The van der Waals surface area contributed by atoms with Crippen molar-refractivity contribution in [3.05, 3.63) is 62.9 Å². The molecule has 1 N–H and O–H groups in total. The van der Waals surface area contributed by atoms with Gasteiger partial charge in [0.15, 0.2) is 5.82 Å². The number of hydrogen-bond donors (Lipinski definition) is 1. The summed E-state index contributed by atoms with van der Waals surface area (Å²) in [6, 6.07) is 13.5. The minimum Gasteiger partial charge on any atom is -0.444 e. The summed E-state index contributed by atoms with van der Waals surface area (Å²) < 4.78 is 12.0. The van der Waals surface area contributed by atoms with Crippen LogP contribution in [0.1, 0.15) is 58.2 Å². The van der Waals surface area contributed by atoms with Gasteiger partial charge in [-0.15, -0.1) is 22.7 Å². The molecule has 3 heterocycles. The van der Waals surface area contributed by atoms with Gasteiger partial charge >= 0.3 is 12.2 Å². The van der Waals surface area contributed by atoms with Crippen molar-refractivity contribution >= 4 is 62.5 Å². The number of fused-ring (bicyclic) bond motifs is 1. The number of rotatable bonds is 7. The molecule has 41 heavy (non-hydrogen) atoms. The number of nitrogens with zero attached hydrogens (tertiary/aromatic N) is 3. The lowest BCUT2D eigenvalue weighted by atomic mass is 10.0. The summed E-state index contributed by atoms with van der Waals surface area (Å²) in [6.07, 6.45) is -0.514. The smallest absolute Gasteiger partial charge is 0.416 e. The predicted octanol–water partition coefficient (Wildman–Crippen LogP) is 8.47. The molecule has 0 saturated heterocycles. The number of anilines is 1. The van der Waals surface area contributed by atoms with Gasteiger partial charge in [-0.2, -0.15) is 4.98 Å². The molecule has 11 heteroatoms. The highest BCUT2D eigenvalue weighted by Gasteiger charge is 2.30. The quantitative estimate of drug-likeness (QED) is 0.210. The Kier molecular flexibility index (Phi) is 9.25. The Labute approximate surface area is 253 Å². The molecule has 4 aromatic rings. The maximum atomic E-state index is 13.6. The lowest BCUT2D eigenvalue weighted by molar-refractivity contribution is 0.0507. The van der Waals surface area contributed by atoms with Crippen LogP contribution in [0.4, 0.5) is 15.4 Å². The Balaban J connectivity index is 1.83. The fourth-order valence-electron chi connectivity index (χ4n) is 4.15. The number of hydrogen-bond acceptors (Lipinski definition) is 8. The molecule has 1 atom stereocenters. The number of halogens is 1. The Bertz CT molecular complexity index is 1510. The van der Waals surface area contributed by atoms with Crippen LogP contribution < -0.4 is 10.2 Å². The van der Waals surface area contributed by atoms with Crippen molar-refractivity contribution in [2.45, 2.75) is 78.7 Å². The van der Waals surface area contributed by atoms with Crippen LogP contribution in [0.2, 0.25) is 5.28 Å². The van der Waals surface area contributed by atoms with Crippen molar-refractivity contribution < 1.29 is 19.1 Å². The van der Waals surface area contributed by atoms with Gasteiger partial charge in [-0.3, -0.25) is 4.90 Å². The number of carbonyl (C=O) groups is 2. The average Bonchev–Trinajstić information content (AvgIpc) is 3.47. The van der Waals surface area contributed by atoms with Gasteiger partial charge < -0.3 is 14.8 Å². The van der Waals surface area contributed by atoms with Gasteiger partial charge in [0.25, 0.3) is 0 Å². The molecular weight excluding hydrogens is 580 g/mol. The molecule has 0 saturated carbocycles. The van der Waals surface area contributed by atoms with Crippen molar-refractivity contribution in [1.29, 1.82) is 0 Å². The van der Waals surface area contributed by atoms with Crippen molar-refractivity contribution in [2.75, 3.05) is 4.90 Å². The Morgan fingerprint density at radius 2 is 1.68 bits per heavy atom. The number of ether oxygens (including phenoxy) is 2. The molecule has 0 aliphatic rings. The molecule has 3 aromatic heterocycles. The molecular formula is C30H35ClN4O4S2.